The summed E-state index contributed by atoms with van der Waals surface area (Å²) in [6.07, 6.45) is 1.10. The monoisotopic (exact) mass is 413 g/mol. The third-order valence-electron chi connectivity index (χ3n) is 3.78. The van der Waals surface area contributed by atoms with Crippen molar-refractivity contribution < 1.29 is 14.5 Å². The van der Waals surface area contributed by atoms with Gasteiger partial charge in [-0.2, -0.15) is 4.98 Å². The Hall–Kier alpha value is -3.72. The predicted octanol–water partition coefficient (Wildman–Crippen LogP) is 4.20. The summed E-state index contributed by atoms with van der Waals surface area (Å²) in [4.78, 5) is 30.8. The maximum Gasteiger partial charge on any atom is 0.374 e. The van der Waals surface area contributed by atoms with Crippen molar-refractivity contribution in [2.75, 3.05) is 5.43 Å². The third kappa shape index (κ3) is 4.96. The fraction of sp³-hybridized carbons (Fsp3) is 0.105. The van der Waals surface area contributed by atoms with Crippen LogP contribution in [0.1, 0.15) is 21.5 Å². The van der Waals surface area contributed by atoms with Crippen LogP contribution in [-0.4, -0.2) is 20.8 Å². The highest BCUT2D eigenvalue weighted by Gasteiger charge is 2.25. The van der Waals surface area contributed by atoms with Gasteiger partial charge in [0.25, 0.3) is 5.91 Å². The highest BCUT2D eigenvalue weighted by Crippen LogP contribution is 2.34. The summed E-state index contributed by atoms with van der Waals surface area (Å²) >= 11 is 5.80. The molecule has 0 radical (unpaired) electrons. The summed E-state index contributed by atoms with van der Waals surface area (Å²) in [6, 6.07) is 11.5. The lowest BCUT2D eigenvalue weighted by Gasteiger charge is -2.11. The fourth-order valence-electron chi connectivity index (χ4n) is 2.59. The van der Waals surface area contributed by atoms with Crippen molar-refractivity contribution in [2.45, 2.75) is 13.8 Å². The molecule has 148 valence electrons. The van der Waals surface area contributed by atoms with Crippen LogP contribution in [0.5, 0.6) is 11.6 Å². The largest absolute Gasteiger partial charge is 0.434 e. The molecule has 3 aromatic rings. The van der Waals surface area contributed by atoms with Crippen LogP contribution in [0.3, 0.4) is 0 Å². The van der Waals surface area contributed by atoms with Gasteiger partial charge >= 0.3 is 11.6 Å². The number of amides is 1. The summed E-state index contributed by atoms with van der Waals surface area (Å²) < 4.78 is 5.62. The number of anilines is 1. The standard InChI is InChI=1S/C19H16ClN5O4/c1-11-7-12(2)9-15(8-11)29-19-16(25(27)28)17(21-10-22-19)23-24-18(26)13-3-5-14(20)6-4-13/h3-10H,1-2H3,(H,24,26)(H,21,22,23). The number of hydrogen-bond donors (Lipinski definition) is 2. The first-order valence-corrected chi connectivity index (χ1v) is 8.79. The molecule has 9 nitrogen and oxygen atoms in total. The lowest BCUT2D eigenvalue weighted by Crippen LogP contribution is -2.30. The van der Waals surface area contributed by atoms with Gasteiger partial charge in [-0.25, -0.2) is 4.98 Å². The number of nitro groups is 1. The van der Waals surface area contributed by atoms with E-state index in [-0.39, 0.29) is 11.7 Å². The van der Waals surface area contributed by atoms with Crippen LogP contribution in [0.4, 0.5) is 11.5 Å². The van der Waals surface area contributed by atoms with E-state index >= 15 is 0 Å². The molecule has 0 saturated carbocycles. The molecule has 0 saturated heterocycles. The molecule has 1 amide bonds. The molecule has 0 spiro atoms. The molecular weight excluding hydrogens is 398 g/mol. The van der Waals surface area contributed by atoms with E-state index in [1.54, 1.807) is 24.3 Å². The maximum atomic E-state index is 12.2. The molecule has 0 aliphatic rings. The average Bonchev–Trinajstić information content (AvgIpc) is 2.65. The number of carbonyl (C=O) groups excluding carboxylic acids is 1. The van der Waals surface area contributed by atoms with E-state index in [4.69, 9.17) is 16.3 Å². The zero-order chi connectivity index (χ0) is 21.0. The number of aryl methyl sites for hydroxylation is 2. The fourth-order valence-corrected chi connectivity index (χ4v) is 2.71. The Morgan fingerprint density at radius 1 is 1.10 bits per heavy atom. The Morgan fingerprint density at radius 3 is 2.38 bits per heavy atom. The van der Waals surface area contributed by atoms with Crippen LogP contribution < -0.4 is 15.6 Å². The molecule has 0 fully saturated rings. The van der Waals surface area contributed by atoms with Crippen LogP contribution >= 0.6 is 11.6 Å². The number of benzene rings is 2. The topological polar surface area (TPSA) is 119 Å². The molecule has 0 bridgehead atoms. The summed E-state index contributed by atoms with van der Waals surface area (Å²) in [5.41, 5.74) is 6.48. The van der Waals surface area contributed by atoms with Gasteiger partial charge in [0.1, 0.15) is 12.1 Å². The molecule has 29 heavy (non-hydrogen) atoms. The minimum atomic E-state index is -0.686. The van der Waals surface area contributed by atoms with Gasteiger partial charge in [-0.1, -0.05) is 17.7 Å². The second kappa shape index (κ2) is 8.53. The number of halogens is 1. The number of hydrazine groups is 1. The predicted molar refractivity (Wildman–Crippen MR) is 107 cm³/mol. The minimum Gasteiger partial charge on any atom is -0.434 e. The van der Waals surface area contributed by atoms with Crippen LogP contribution in [0.15, 0.2) is 48.8 Å². The molecule has 0 aliphatic heterocycles. The van der Waals surface area contributed by atoms with Gasteiger partial charge in [-0.3, -0.25) is 25.8 Å². The lowest BCUT2D eigenvalue weighted by atomic mass is 10.1. The van der Waals surface area contributed by atoms with Crippen LogP contribution in [0.25, 0.3) is 0 Å². The second-order valence-electron chi connectivity index (χ2n) is 6.14. The number of carbonyl (C=O) groups is 1. The van der Waals surface area contributed by atoms with Crippen LogP contribution in [0, 0.1) is 24.0 Å². The first-order valence-electron chi connectivity index (χ1n) is 8.41. The number of rotatable bonds is 6. The van der Waals surface area contributed by atoms with Gasteiger partial charge in [0.2, 0.25) is 5.82 Å². The second-order valence-corrected chi connectivity index (χ2v) is 6.58. The Morgan fingerprint density at radius 2 is 1.76 bits per heavy atom. The van der Waals surface area contributed by atoms with Crippen molar-refractivity contribution in [3.05, 3.63) is 80.6 Å². The highest BCUT2D eigenvalue weighted by atomic mass is 35.5. The average molecular weight is 414 g/mol. The van der Waals surface area contributed by atoms with Crippen molar-refractivity contribution in [1.82, 2.24) is 15.4 Å². The molecular formula is C19H16ClN5O4. The van der Waals surface area contributed by atoms with E-state index in [9.17, 15) is 14.9 Å². The summed E-state index contributed by atoms with van der Waals surface area (Å²) in [7, 11) is 0. The van der Waals surface area contributed by atoms with E-state index < -0.39 is 16.5 Å². The molecule has 1 heterocycles. The Bertz CT molecular complexity index is 1050. The Labute approximate surface area is 170 Å². The van der Waals surface area contributed by atoms with E-state index in [2.05, 4.69) is 20.8 Å². The molecule has 1 aromatic heterocycles. The minimum absolute atomic E-state index is 0.216. The Kier molecular flexibility index (Phi) is 5.89. The number of ether oxygens (including phenoxy) is 1. The van der Waals surface area contributed by atoms with Crippen molar-refractivity contribution in [1.29, 1.82) is 0 Å². The first-order chi connectivity index (χ1) is 13.8. The number of nitrogens with zero attached hydrogens (tertiary/aromatic N) is 3. The zero-order valence-electron chi connectivity index (χ0n) is 15.5. The normalized spacial score (nSPS) is 10.3. The zero-order valence-corrected chi connectivity index (χ0v) is 16.2. The van der Waals surface area contributed by atoms with Crippen LogP contribution in [0.2, 0.25) is 5.02 Å². The van der Waals surface area contributed by atoms with E-state index in [1.165, 1.54) is 12.1 Å². The van der Waals surface area contributed by atoms with Gasteiger partial charge in [0.05, 0.1) is 4.92 Å². The van der Waals surface area contributed by atoms with Gasteiger partial charge < -0.3 is 4.74 Å². The third-order valence-corrected chi connectivity index (χ3v) is 4.03. The molecule has 2 aromatic carbocycles. The van der Waals surface area contributed by atoms with Crippen molar-refractivity contribution in [3.8, 4) is 11.6 Å². The van der Waals surface area contributed by atoms with E-state index in [0.717, 1.165) is 17.5 Å². The van der Waals surface area contributed by atoms with E-state index in [1.807, 2.05) is 19.9 Å². The van der Waals surface area contributed by atoms with Crippen molar-refractivity contribution in [3.63, 3.8) is 0 Å². The summed E-state index contributed by atoms with van der Waals surface area (Å²) in [6.45, 7) is 3.76. The quantitative estimate of drug-likeness (QED) is 0.459. The molecule has 10 heteroatoms. The van der Waals surface area contributed by atoms with Gasteiger partial charge in [0.15, 0.2) is 0 Å². The highest BCUT2D eigenvalue weighted by molar-refractivity contribution is 6.30. The lowest BCUT2D eigenvalue weighted by molar-refractivity contribution is -0.385. The Balaban J connectivity index is 1.83. The summed E-state index contributed by atoms with van der Waals surface area (Å²) in [5.74, 6) is -0.586. The van der Waals surface area contributed by atoms with Gasteiger partial charge in [-0.05, 0) is 61.4 Å². The van der Waals surface area contributed by atoms with Gasteiger partial charge in [-0.15, -0.1) is 0 Å². The number of aromatic nitrogens is 2. The molecule has 0 unspecified atom stereocenters. The SMILES string of the molecule is Cc1cc(C)cc(Oc2ncnc(NNC(=O)c3ccc(Cl)cc3)c2[N+](=O)[O-])c1. The van der Waals surface area contributed by atoms with Gasteiger partial charge in [0, 0.05) is 10.6 Å². The molecule has 0 atom stereocenters. The van der Waals surface area contributed by atoms with E-state index in [0.29, 0.717) is 16.3 Å². The molecule has 0 aliphatic carbocycles. The smallest absolute Gasteiger partial charge is 0.374 e. The van der Waals surface area contributed by atoms with Crippen molar-refractivity contribution in [2.24, 2.45) is 0 Å². The molecule has 3 rings (SSSR count). The maximum absolute atomic E-state index is 12.2. The summed E-state index contributed by atoms with van der Waals surface area (Å²) in [5, 5.41) is 12.1. The van der Waals surface area contributed by atoms with Crippen molar-refractivity contribution >= 4 is 29.0 Å². The number of nitrogens with one attached hydrogen (secondary N) is 2. The number of hydrogen-bond acceptors (Lipinski definition) is 7. The van der Waals surface area contributed by atoms with Crippen LogP contribution in [-0.2, 0) is 0 Å². The first kappa shape index (κ1) is 20.0. The molecule has 2 N–H and O–H groups in total.